The maximum absolute atomic E-state index is 6.17. The Kier molecular flexibility index (Phi) is 4.03. The summed E-state index contributed by atoms with van der Waals surface area (Å²) in [4.78, 5) is 13.5. The summed E-state index contributed by atoms with van der Waals surface area (Å²) in [6, 6.07) is 0. The number of hydrogen-bond donors (Lipinski definition) is 1. The van der Waals surface area contributed by atoms with Gasteiger partial charge in [0, 0.05) is 24.8 Å². The number of nitrogens with zero attached hydrogens (tertiary/aromatic N) is 4. The molecule has 20 heavy (non-hydrogen) atoms. The predicted octanol–water partition coefficient (Wildman–Crippen LogP) is 0.705. The fourth-order valence-electron chi connectivity index (χ4n) is 2.94. The Balaban J connectivity index is 1.73. The monoisotopic (exact) mass is 277 g/mol. The lowest BCUT2D eigenvalue weighted by molar-refractivity contribution is 0.122. The van der Waals surface area contributed by atoms with Gasteiger partial charge in [0.25, 0.3) is 0 Å². The van der Waals surface area contributed by atoms with Crippen LogP contribution in [0.25, 0.3) is 0 Å². The highest BCUT2D eigenvalue weighted by Crippen LogP contribution is 2.30. The molecule has 1 aromatic rings. The minimum atomic E-state index is 0.505. The average Bonchev–Trinajstić information content (AvgIpc) is 2.49. The lowest BCUT2D eigenvalue weighted by Crippen LogP contribution is -2.37. The van der Waals surface area contributed by atoms with Crippen LogP contribution < -0.4 is 10.6 Å². The van der Waals surface area contributed by atoms with Crippen LogP contribution in [0, 0.1) is 0 Å². The molecule has 6 nitrogen and oxygen atoms in total. The molecule has 0 atom stereocenters. The number of morpholine rings is 1. The van der Waals surface area contributed by atoms with E-state index in [1.165, 1.54) is 0 Å². The number of ether oxygens (including phenoxy) is 1. The van der Waals surface area contributed by atoms with E-state index in [9.17, 15) is 0 Å². The SMILES string of the molecule is CN1CCC(c2cnc(N3CCOCC3)nc2N)CC1. The van der Waals surface area contributed by atoms with Gasteiger partial charge in [0.2, 0.25) is 5.95 Å². The van der Waals surface area contributed by atoms with Gasteiger partial charge in [-0.15, -0.1) is 0 Å². The second-order valence-corrected chi connectivity index (χ2v) is 5.69. The largest absolute Gasteiger partial charge is 0.383 e. The van der Waals surface area contributed by atoms with Gasteiger partial charge in [0.05, 0.1) is 13.2 Å². The van der Waals surface area contributed by atoms with E-state index in [2.05, 4.69) is 26.8 Å². The van der Waals surface area contributed by atoms with Crippen molar-refractivity contribution in [3.05, 3.63) is 11.8 Å². The molecule has 2 N–H and O–H groups in total. The highest BCUT2D eigenvalue weighted by molar-refractivity contribution is 5.46. The second kappa shape index (κ2) is 5.93. The molecule has 2 aliphatic rings. The van der Waals surface area contributed by atoms with Gasteiger partial charge >= 0.3 is 0 Å². The molecule has 0 amide bonds. The second-order valence-electron chi connectivity index (χ2n) is 5.69. The van der Waals surface area contributed by atoms with Crippen molar-refractivity contribution in [2.24, 2.45) is 0 Å². The Hall–Kier alpha value is -1.40. The summed E-state index contributed by atoms with van der Waals surface area (Å²) in [5.74, 6) is 1.89. The fraction of sp³-hybridized carbons (Fsp3) is 0.714. The van der Waals surface area contributed by atoms with E-state index in [1.807, 2.05) is 6.20 Å². The van der Waals surface area contributed by atoms with Crippen molar-refractivity contribution in [3.63, 3.8) is 0 Å². The Morgan fingerprint density at radius 3 is 2.55 bits per heavy atom. The Labute approximate surface area is 119 Å². The van der Waals surface area contributed by atoms with Crippen LogP contribution >= 0.6 is 0 Å². The van der Waals surface area contributed by atoms with Gasteiger partial charge in [-0.05, 0) is 38.9 Å². The van der Waals surface area contributed by atoms with Gasteiger partial charge in [-0.1, -0.05) is 0 Å². The molecule has 3 heterocycles. The molecule has 2 aliphatic heterocycles. The molecule has 110 valence electrons. The molecule has 2 saturated heterocycles. The van der Waals surface area contributed by atoms with Gasteiger partial charge in [-0.3, -0.25) is 0 Å². The first-order valence-electron chi connectivity index (χ1n) is 7.37. The van der Waals surface area contributed by atoms with E-state index in [-0.39, 0.29) is 0 Å². The number of rotatable bonds is 2. The summed E-state index contributed by atoms with van der Waals surface area (Å²) in [5, 5.41) is 0. The van der Waals surface area contributed by atoms with Gasteiger partial charge in [-0.2, -0.15) is 4.98 Å². The first-order chi connectivity index (χ1) is 9.74. The zero-order chi connectivity index (χ0) is 13.9. The minimum absolute atomic E-state index is 0.505. The van der Waals surface area contributed by atoms with Crippen LogP contribution in [0.3, 0.4) is 0 Å². The minimum Gasteiger partial charge on any atom is -0.383 e. The van der Waals surface area contributed by atoms with E-state index >= 15 is 0 Å². The summed E-state index contributed by atoms with van der Waals surface area (Å²) in [6.07, 6.45) is 4.21. The van der Waals surface area contributed by atoms with Crippen molar-refractivity contribution in [1.82, 2.24) is 14.9 Å². The first kappa shape index (κ1) is 13.6. The van der Waals surface area contributed by atoms with Crippen LogP contribution in [0.5, 0.6) is 0 Å². The standard InChI is InChI=1S/C14H23N5O/c1-18-4-2-11(3-5-18)12-10-16-14(17-13(12)15)19-6-8-20-9-7-19/h10-11H,2-9H2,1H3,(H2,15,16,17). The van der Waals surface area contributed by atoms with Crippen molar-refractivity contribution in [1.29, 1.82) is 0 Å². The molecule has 0 saturated carbocycles. The van der Waals surface area contributed by atoms with Crippen molar-refractivity contribution in [2.45, 2.75) is 18.8 Å². The first-order valence-corrected chi connectivity index (χ1v) is 7.37. The van der Waals surface area contributed by atoms with Crippen molar-refractivity contribution >= 4 is 11.8 Å². The number of anilines is 2. The molecule has 0 bridgehead atoms. The Morgan fingerprint density at radius 1 is 1.20 bits per heavy atom. The molecule has 0 radical (unpaired) electrons. The third kappa shape index (κ3) is 2.86. The molecular formula is C14H23N5O. The zero-order valence-electron chi connectivity index (χ0n) is 12.1. The van der Waals surface area contributed by atoms with Gasteiger partial charge in [0.1, 0.15) is 5.82 Å². The predicted molar refractivity (Wildman–Crippen MR) is 78.9 cm³/mol. The number of aromatic nitrogens is 2. The Morgan fingerprint density at radius 2 is 1.90 bits per heavy atom. The van der Waals surface area contributed by atoms with E-state index < -0.39 is 0 Å². The molecule has 3 rings (SSSR count). The van der Waals surface area contributed by atoms with E-state index in [0.29, 0.717) is 11.7 Å². The van der Waals surface area contributed by atoms with Crippen LogP contribution in [0.15, 0.2) is 6.20 Å². The van der Waals surface area contributed by atoms with Crippen LogP contribution in [-0.4, -0.2) is 61.3 Å². The van der Waals surface area contributed by atoms with E-state index in [0.717, 1.165) is 63.7 Å². The molecule has 0 spiro atoms. The lowest BCUT2D eigenvalue weighted by Gasteiger charge is -2.30. The summed E-state index contributed by atoms with van der Waals surface area (Å²) >= 11 is 0. The van der Waals surface area contributed by atoms with Crippen LogP contribution in [-0.2, 0) is 4.74 Å². The molecule has 0 aromatic carbocycles. The van der Waals surface area contributed by atoms with Crippen LogP contribution in [0.1, 0.15) is 24.3 Å². The summed E-state index contributed by atoms with van der Waals surface area (Å²) in [6.45, 7) is 5.39. The fourth-order valence-corrected chi connectivity index (χ4v) is 2.94. The molecule has 1 aromatic heterocycles. The molecular weight excluding hydrogens is 254 g/mol. The molecule has 6 heteroatoms. The quantitative estimate of drug-likeness (QED) is 0.858. The topological polar surface area (TPSA) is 67.5 Å². The average molecular weight is 277 g/mol. The number of hydrogen-bond acceptors (Lipinski definition) is 6. The van der Waals surface area contributed by atoms with Crippen molar-refractivity contribution in [2.75, 3.05) is 57.1 Å². The highest BCUT2D eigenvalue weighted by Gasteiger charge is 2.22. The molecule has 0 aliphatic carbocycles. The van der Waals surface area contributed by atoms with Gasteiger partial charge in [-0.25, -0.2) is 4.98 Å². The molecule has 0 unspecified atom stereocenters. The van der Waals surface area contributed by atoms with Crippen molar-refractivity contribution in [3.8, 4) is 0 Å². The van der Waals surface area contributed by atoms with Gasteiger partial charge in [0.15, 0.2) is 0 Å². The third-order valence-corrected chi connectivity index (χ3v) is 4.29. The number of nitrogen functional groups attached to an aromatic ring is 1. The Bertz CT molecular complexity index is 453. The van der Waals surface area contributed by atoms with E-state index in [1.54, 1.807) is 0 Å². The van der Waals surface area contributed by atoms with Crippen molar-refractivity contribution < 1.29 is 4.74 Å². The van der Waals surface area contributed by atoms with Gasteiger partial charge < -0.3 is 20.3 Å². The van der Waals surface area contributed by atoms with Crippen LogP contribution in [0.4, 0.5) is 11.8 Å². The number of likely N-dealkylation sites (tertiary alicyclic amines) is 1. The number of piperidine rings is 1. The summed E-state index contributed by atoms with van der Waals surface area (Å²) < 4.78 is 5.35. The number of nitrogens with two attached hydrogens (primary N) is 1. The maximum Gasteiger partial charge on any atom is 0.227 e. The smallest absolute Gasteiger partial charge is 0.227 e. The molecule has 2 fully saturated rings. The normalized spacial score (nSPS) is 22.1. The van der Waals surface area contributed by atoms with E-state index in [4.69, 9.17) is 10.5 Å². The third-order valence-electron chi connectivity index (χ3n) is 4.29. The maximum atomic E-state index is 6.17. The lowest BCUT2D eigenvalue weighted by atomic mass is 9.91. The van der Waals surface area contributed by atoms with Crippen LogP contribution in [0.2, 0.25) is 0 Å². The summed E-state index contributed by atoms with van der Waals surface area (Å²) in [5.41, 5.74) is 7.29. The highest BCUT2D eigenvalue weighted by atomic mass is 16.5. The summed E-state index contributed by atoms with van der Waals surface area (Å²) in [7, 11) is 2.16. The zero-order valence-corrected chi connectivity index (χ0v) is 12.1.